The molecule has 0 saturated carbocycles. The fraction of sp³-hybridized carbons (Fsp3) is 0.286. The molecule has 3 saturated heterocycles. The highest BCUT2D eigenvalue weighted by Crippen LogP contribution is 2.69. The van der Waals surface area contributed by atoms with Crippen molar-refractivity contribution < 1.29 is 19.2 Å². The maximum atomic E-state index is 14.8. The van der Waals surface area contributed by atoms with Crippen LogP contribution in [0.1, 0.15) is 27.4 Å². The van der Waals surface area contributed by atoms with Gasteiger partial charge in [-0.1, -0.05) is 60.1 Å². The lowest BCUT2D eigenvalue weighted by molar-refractivity contribution is -0.163. The quantitative estimate of drug-likeness (QED) is 0.440. The summed E-state index contributed by atoms with van der Waals surface area (Å²) in [5.41, 5.74) is -1.57. The third-order valence-electron chi connectivity index (χ3n) is 8.73. The van der Waals surface area contributed by atoms with Crippen LogP contribution in [0, 0.1) is 5.41 Å². The van der Waals surface area contributed by atoms with Gasteiger partial charge in [-0.05, 0) is 34.0 Å². The largest absolute Gasteiger partial charge is 0.332 e. The van der Waals surface area contributed by atoms with Gasteiger partial charge in [0.2, 0.25) is 11.8 Å². The average molecular weight is 532 g/mol. The molecular formula is C28H22ClN3O4S. The summed E-state index contributed by atoms with van der Waals surface area (Å²) in [5, 5.41) is 2.18. The van der Waals surface area contributed by atoms with Gasteiger partial charge in [-0.2, -0.15) is 0 Å². The molecule has 37 heavy (non-hydrogen) atoms. The van der Waals surface area contributed by atoms with Crippen molar-refractivity contribution in [2.75, 3.05) is 25.7 Å². The van der Waals surface area contributed by atoms with E-state index in [1.807, 2.05) is 42.5 Å². The van der Waals surface area contributed by atoms with Crippen LogP contribution >= 0.6 is 23.4 Å². The summed E-state index contributed by atoms with van der Waals surface area (Å²) in [5.74, 6) is -1.10. The van der Waals surface area contributed by atoms with Gasteiger partial charge >= 0.3 is 6.03 Å². The number of rotatable bonds is 1. The molecule has 4 amide bonds. The SMILES string of the molecule is CN1C(=O)N(C)C(=O)C2(C1=O)[C@H](c1ccc(Cl)cc1)[C@@H]1CSCN1[C@@]21C(=O)c2cccc3cccc1c23. The second-order valence-electron chi connectivity index (χ2n) is 10.1. The minimum absolute atomic E-state index is 0.263. The number of halogens is 1. The van der Waals surface area contributed by atoms with Crippen LogP contribution in [0.3, 0.4) is 0 Å². The highest BCUT2D eigenvalue weighted by Gasteiger charge is 2.83. The summed E-state index contributed by atoms with van der Waals surface area (Å²) in [6.07, 6.45) is 0. The maximum absolute atomic E-state index is 14.8. The average Bonchev–Trinajstić information content (AvgIpc) is 3.55. The lowest BCUT2D eigenvalue weighted by Gasteiger charge is -2.50. The van der Waals surface area contributed by atoms with E-state index in [1.165, 1.54) is 14.1 Å². The Labute approximate surface area is 222 Å². The van der Waals surface area contributed by atoms with Crippen LogP contribution in [0.2, 0.25) is 5.02 Å². The molecular weight excluding hydrogens is 510 g/mol. The van der Waals surface area contributed by atoms with Crippen LogP contribution < -0.4 is 0 Å². The Kier molecular flexibility index (Phi) is 4.61. The molecule has 3 atom stereocenters. The van der Waals surface area contributed by atoms with Gasteiger partial charge in [-0.3, -0.25) is 29.1 Å². The van der Waals surface area contributed by atoms with Crippen molar-refractivity contribution in [3.63, 3.8) is 0 Å². The van der Waals surface area contributed by atoms with Gasteiger partial charge in [0.1, 0.15) is 5.54 Å². The first-order valence-corrected chi connectivity index (χ1v) is 13.6. The Morgan fingerprint density at radius 3 is 2.22 bits per heavy atom. The van der Waals surface area contributed by atoms with Crippen molar-refractivity contribution in [2.24, 2.45) is 5.41 Å². The predicted octanol–water partition coefficient (Wildman–Crippen LogP) is 4.09. The molecule has 0 radical (unpaired) electrons. The van der Waals surface area contributed by atoms with Gasteiger partial charge in [0.05, 0.1) is 0 Å². The molecule has 3 fully saturated rings. The fourth-order valence-corrected chi connectivity index (χ4v) is 8.81. The molecule has 1 aliphatic carbocycles. The van der Waals surface area contributed by atoms with Gasteiger partial charge in [0.25, 0.3) is 0 Å². The molecule has 7 nitrogen and oxygen atoms in total. The van der Waals surface area contributed by atoms with E-state index in [2.05, 4.69) is 4.90 Å². The van der Waals surface area contributed by atoms with Crippen molar-refractivity contribution in [3.05, 3.63) is 82.4 Å². The van der Waals surface area contributed by atoms with E-state index in [9.17, 15) is 19.2 Å². The van der Waals surface area contributed by atoms with E-state index in [-0.39, 0.29) is 11.8 Å². The maximum Gasteiger partial charge on any atom is 0.332 e. The van der Waals surface area contributed by atoms with Crippen molar-refractivity contribution >= 4 is 57.8 Å². The number of amides is 4. The molecule has 3 heterocycles. The lowest BCUT2D eigenvalue weighted by atomic mass is 9.57. The summed E-state index contributed by atoms with van der Waals surface area (Å²) in [4.78, 5) is 61.2. The monoisotopic (exact) mass is 531 g/mol. The molecule has 4 aliphatic rings. The van der Waals surface area contributed by atoms with Crippen molar-refractivity contribution in [1.29, 1.82) is 0 Å². The van der Waals surface area contributed by atoms with E-state index in [1.54, 1.807) is 30.0 Å². The van der Waals surface area contributed by atoms with Crippen molar-refractivity contribution in [1.82, 2.24) is 14.7 Å². The Morgan fingerprint density at radius 1 is 0.892 bits per heavy atom. The molecule has 3 aliphatic heterocycles. The van der Waals surface area contributed by atoms with Gasteiger partial charge in [-0.25, -0.2) is 4.79 Å². The molecule has 0 aromatic heterocycles. The standard InChI is InChI=1S/C28H22ClN3O4S/c1-30-24(34)27(25(35)31(2)26(30)36)22(16-9-11-17(29)12-10-16)20-13-37-14-32(20)28(27)19-8-4-6-15-5-3-7-18(21(15)19)23(28)33/h3-12,20,22H,13-14H2,1-2H3/t20-,22+,28-/m0/s1. The second kappa shape index (κ2) is 7.43. The normalized spacial score (nSPS) is 28.4. The minimum Gasteiger partial charge on any atom is -0.292 e. The van der Waals surface area contributed by atoms with E-state index in [0.717, 1.165) is 26.1 Å². The molecule has 0 unspecified atom stereocenters. The molecule has 0 N–H and O–H groups in total. The first kappa shape index (κ1) is 23.0. The van der Waals surface area contributed by atoms with Gasteiger partial charge in [0.15, 0.2) is 11.2 Å². The highest BCUT2D eigenvalue weighted by molar-refractivity contribution is 7.99. The van der Waals surface area contributed by atoms with Crippen LogP contribution in [0.4, 0.5) is 4.79 Å². The number of thioether (sulfide) groups is 1. The van der Waals surface area contributed by atoms with Gasteiger partial charge in [0, 0.05) is 48.3 Å². The van der Waals surface area contributed by atoms with Crippen LogP contribution in [0.25, 0.3) is 10.8 Å². The zero-order valence-electron chi connectivity index (χ0n) is 20.1. The van der Waals surface area contributed by atoms with E-state index >= 15 is 0 Å². The molecule has 2 spiro atoms. The lowest BCUT2D eigenvalue weighted by Crippen LogP contribution is -2.72. The third kappa shape index (κ3) is 2.40. The number of urea groups is 1. The summed E-state index contributed by atoms with van der Waals surface area (Å²) in [6.45, 7) is 0. The molecule has 9 heteroatoms. The van der Waals surface area contributed by atoms with Crippen LogP contribution in [0.5, 0.6) is 0 Å². The van der Waals surface area contributed by atoms with Gasteiger partial charge < -0.3 is 0 Å². The van der Waals surface area contributed by atoms with Gasteiger partial charge in [-0.15, -0.1) is 11.8 Å². The molecule has 7 rings (SSSR count). The van der Waals surface area contributed by atoms with E-state index in [0.29, 0.717) is 27.8 Å². The predicted molar refractivity (Wildman–Crippen MR) is 140 cm³/mol. The zero-order valence-corrected chi connectivity index (χ0v) is 21.7. The van der Waals surface area contributed by atoms with Crippen molar-refractivity contribution in [2.45, 2.75) is 17.5 Å². The topological polar surface area (TPSA) is 78.0 Å². The number of ketones is 1. The number of fused-ring (bicyclic) bond motifs is 4. The number of Topliss-reactive ketones (excluding diaryl/α,β-unsaturated/α-hetero) is 1. The second-order valence-corrected chi connectivity index (χ2v) is 11.6. The summed E-state index contributed by atoms with van der Waals surface area (Å²) in [7, 11) is 2.79. The van der Waals surface area contributed by atoms with Crippen LogP contribution in [-0.2, 0) is 15.1 Å². The Bertz CT molecular complexity index is 1540. The minimum atomic E-state index is -1.88. The zero-order chi connectivity index (χ0) is 25.9. The number of imide groups is 2. The Balaban J connectivity index is 1.65. The fourth-order valence-electron chi connectivity index (χ4n) is 7.38. The summed E-state index contributed by atoms with van der Waals surface area (Å²) >= 11 is 7.91. The van der Waals surface area contributed by atoms with Crippen LogP contribution in [-0.4, -0.2) is 70.1 Å². The Hall–Kier alpha value is -3.20. The molecule has 3 aromatic carbocycles. The first-order valence-electron chi connectivity index (χ1n) is 12.0. The number of benzene rings is 3. The number of carbonyl (C=O) groups is 4. The van der Waals surface area contributed by atoms with Crippen molar-refractivity contribution in [3.8, 4) is 0 Å². The smallest absolute Gasteiger partial charge is 0.292 e. The number of nitrogens with zero attached hydrogens (tertiary/aromatic N) is 3. The van der Waals surface area contributed by atoms with E-state index < -0.39 is 34.7 Å². The Morgan fingerprint density at radius 2 is 1.54 bits per heavy atom. The number of hydrogen-bond donors (Lipinski definition) is 0. The number of barbiturate groups is 1. The van der Waals surface area contributed by atoms with E-state index in [4.69, 9.17) is 11.6 Å². The highest BCUT2D eigenvalue weighted by atomic mass is 35.5. The third-order valence-corrected chi connectivity index (χ3v) is 10.0. The molecule has 3 aromatic rings. The summed E-state index contributed by atoms with van der Waals surface area (Å²) in [6, 6.07) is 17.4. The summed E-state index contributed by atoms with van der Waals surface area (Å²) < 4.78 is 0. The molecule has 0 bridgehead atoms. The molecule has 186 valence electrons. The number of carbonyl (C=O) groups excluding carboxylic acids is 4. The van der Waals surface area contributed by atoms with Crippen LogP contribution in [0.15, 0.2) is 60.7 Å². The number of hydrogen-bond acceptors (Lipinski definition) is 6. The first-order chi connectivity index (χ1) is 17.8.